The zero-order valence-electron chi connectivity index (χ0n) is 13.0. The molecule has 1 atom stereocenters. The molecule has 2 aromatic carbocycles. The lowest BCUT2D eigenvalue weighted by molar-refractivity contribution is 0.101. The summed E-state index contributed by atoms with van der Waals surface area (Å²) in [5, 5.41) is 9.99. The highest BCUT2D eigenvalue weighted by Crippen LogP contribution is 2.25. The van der Waals surface area contributed by atoms with Gasteiger partial charge in [0.25, 0.3) is 0 Å². The molecule has 3 aromatic rings. The Kier molecular flexibility index (Phi) is 5.15. The number of rotatable bonds is 6. The van der Waals surface area contributed by atoms with Gasteiger partial charge in [-0.2, -0.15) is 0 Å². The standard InChI is InChI=1S/C18H14F2N2O3/c19-14-6-2-7-15(20)17(14)16(23)11-24-12-4-1-5-13(10-12)25-18-21-8-3-9-22-18/h1-10,16,23H,11H2. The first-order valence-corrected chi connectivity index (χ1v) is 7.43. The molecule has 0 bridgehead atoms. The molecular weight excluding hydrogens is 330 g/mol. The predicted octanol–water partition coefficient (Wildman–Crippen LogP) is 3.66. The summed E-state index contributed by atoms with van der Waals surface area (Å²) in [6.07, 6.45) is 1.65. The van der Waals surface area contributed by atoms with Crippen LogP contribution < -0.4 is 9.47 Å². The van der Waals surface area contributed by atoms with Gasteiger partial charge in [-0.05, 0) is 30.3 Å². The highest BCUT2D eigenvalue weighted by atomic mass is 19.1. The molecule has 0 fully saturated rings. The topological polar surface area (TPSA) is 64.5 Å². The van der Waals surface area contributed by atoms with E-state index in [4.69, 9.17) is 9.47 Å². The van der Waals surface area contributed by atoms with Crippen molar-refractivity contribution in [1.29, 1.82) is 0 Å². The molecule has 0 aliphatic heterocycles. The van der Waals surface area contributed by atoms with Gasteiger partial charge in [-0.3, -0.25) is 0 Å². The Balaban J connectivity index is 1.66. The molecule has 5 nitrogen and oxygen atoms in total. The minimum Gasteiger partial charge on any atom is -0.490 e. The number of aliphatic hydroxyl groups excluding tert-OH is 1. The summed E-state index contributed by atoms with van der Waals surface area (Å²) >= 11 is 0. The minimum atomic E-state index is -1.44. The first-order valence-electron chi connectivity index (χ1n) is 7.43. The van der Waals surface area contributed by atoms with Gasteiger partial charge < -0.3 is 14.6 Å². The number of halogens is 2. The van der Waals surface area contributed by atoms with E-state index < -0.39 is 23.3 Å². The van der Waals surface area contributed by atoms with Crippen molar-refractivity contribution >= 4 is 0 Å². The van der Waals surface area contributed by atoms with Crippen molar-refractivity contribution in [1.82, 2.24) is 9.97 Å². The van der Waals surface area contributed by atoms with Gasteiger partial charge in [0.2, 0.25) is 0 Å². The second-order valence-corrected chi connectivity index (χ2v) is 5.07. The Hall–Kier alpha value is -3.06. The van der Waals surface area contributed by atoms with Crippen molar-refractivity contribution in [3.05, 3.63) is 78.1 Å². The summed E-state index contributed by atoms with van der Waals surface area (Å²) in [7, 11) is 0. The van der Waals surface area contributed by atoms with E-state index in [9.17, 15) is 13.9 Å². The van der Waals surface area contributed by atoms with Crippen LogP contribution in [0.2, 0.25) is 0 Å². The van der Waals surface area contributed by atoms with E-state index in [2.05, 4.69) is 9.97 Å². The van der Waals surface area contributed by atoms with Gasteiger partial charge >= 0.3 is 6.01 Å². The zero-order chi connectivity index (χ0) is 17.6. The lowest BCUT2D eigenvalue weighted by Crippen LogP contribution is -2.13. The van der Waals surface area contributed by atoms with Crippen LogP contribution in [0.4, 0.5) is 8.78 Å². The lowest BCUT2D eigenvalue weighted by Gasteiger charge is -2.14. The summed E-state index contributed by atoms with van der Waals surface area (Å²) in [5.74, 6) is -0.858. The molecule has 1 aromatic heterocycles. The second-order valence-electron chi connectivity index (χ2n) is 5.07. The van der Waals surface area contributed by atoms with E-state index in [1.807, 2.05) is 0 Å². The summed E-state index contributed by atoms with van der Waals surface area (Å²) in [6.45, 7) is -0.316. The molecule has 128 valence electrons. The van der Waals surface area contributed by atoms with E-state index in [0.717, 1.165) is 12.1 Å². The SMILES string of the molecule is OC(COc1cccc(Oc2ncccn2)c1)c1c(F)cccc1F. The quantitative estimate of drug-likeness (QED) is 0.739. The molecule has 3 rings (SSSR count). The number of nitrogens with zero attached hydrogens (tertiary/aromatic N) is 2. The molecule has 25 heavy (non-hydrogen) atoms. The number of aromatic nitrogens is 2. The van der Waals surface area contributed by atoms with Crippen molar-refractivity contribution in [2.45, 2.75) is 6.10 Å². The van der Waals surface area contributed by atoms with E-state index in [-0.39, 0.29) is 12.6 Å². The van der Waals surface area contributed by atoms with Crippen LogP contribution in [0.5, 0.6) is 17.5 Å². The molecule has 0 amide bonds. The molecule has 1 unspecified atom stereocenters. The Morgan fingerprint density at radius 2 is 1.56 bits per heavy atom. The van der Waals surface area contributed by atoms with Crippen molar-refractivity contribution in [3.63, 3.8) is 0 Å². The van der Waals surface area contributed by atoms with Gasteiger partial charge in [0, 0.05) is 18.5 Å². The summed E-state index contributed by atoms with van der Waals surface area (Å²) < 4.78 is 38.2. The van der Waals surface area contributed by atoms with Crippen LogP contribution in [-0.2, 0) is 0 Å². The third-order valence-corrected chi connectivity index (χ3v) is 3.30. The number of hydrogen-bond donors (Lipinski definition) is 1. The molecule has 0 radical (unpaired) electrons. The number of aliphatic hydroxyl groups is 1. The highest BCUT2D eigenvalue weighted by Gasteiger charge is 2.18. The zero-order valence-corrected chi connectivity index (χ0v) is 13.0. The first kappa shape index (κ1) is 16.8. The fourth-order valence-corrected chi connectivity index (χ4v) is 2.16. The molecule has 0 aliphatic rings. The first-order chi connectivity index (χ1) is 12.1. The third-order valence-electron chi connectivity index (χ3n) is 3.30. The van der Waals surface area contributed by atoms with Crippen molar-refractivity contribution in [2.75, 3.05) is 6.61 Å². The summed E-state index contributed by atoms with van der Waals surface area (Å²) in [6, 6.07) is 11.8. The highest BCUT2D eigenvalue weighted by molar-refractivity contribution is 5.34. The predicted molar refractivity (Wildman–Crippen MR) is 85.4 cm³/mol. The van der Waals surface area contributed by atoms with Gasteiger partial charge in [-0.1, -0.05) is 12.1 Å². The molecule has 0 aliphatic carbocycles. The summed E-state index contributed by atoms with van der Waals surface area (Å²) in [5.41, 5.74) is -0.424. The van der Waals surface area contributed by atoms with Crippen LogP contribution in [0.3, 0.4) is 0 Å². The van der Waals surface area contributed by atoms with Crippen LogP contribution in [-0.4, -0.2) is 21.7 Å². The molecular formula is C18H14F2N2O3. The molecule has 1 heterocycles. The maximum absolute atomic E-state index is 13.6. The van der Waals surface area contributed by atoms with Gasteiger partial charge in [0.1, 0.15) is 35.8 Å². The molecule has 0 spiro atoms. The Morgan fingerprint density at radius 3 is 2.28 bits per heavy atom. The molecule has 0 saturated heterocycles. The van der Waals surface area contributed by atoms with Crippen LogP contribution in [0.15, 0.2) is 60.9 Å². The summed E-state index contributed by atoms with van der Waals surface area (Å²) in [4.78, 5) is 7.88. The maximum Gasteiger partial charge on any atom is 0.321 e. The molecule has 0 saturated carbocycles. The molecule has 7 heteroatoms. The average Bonchev–Trinajstić information content (AvgIpc) is 2.61. The van der Waals surface area contributed by atoms with Gasteiger partial charge in [0.15, 0.2) is 0 Å². The number of hydrogen-bond acceptors (Lipinski definition) is 5. The Labute approximate surface area is 142 Å². The van der Waals surface area contributed by atoms with Crippen molar-refractivity contribution in [3.8, 4) is 17.5 Å². The normalized spacial score (nSPS) is 11.8. The van der Waals surface area contributed by atoms with Gasteiger partial charge in [-0.25, -0.2) is 18.7 Å². The van der Waals surface area contributed by atoms with Gasteiger partial charge in [0.05, 0.1) is 5.56 Å². The molecule has 1 N–H and O–H groups in total. The Bertz CT molecular complexity index is 826. The van der Waals surface area contributed by atoms with E-state index in [1.54, 1.807) is 42.7 Å². The average molecular weight is 344 g/mol. The van der Waals surface area contributed by atoms with Crippen molar-refractivity contribution in [2.24, 2.45) is 0 Å². The van der Waals surface area contributed by atoms with E-state index in [1.165, 1.54) is 6.07 Å². The van der Waals surface area contributed by atoms with Crippen LogP contribution in [0.1, 0.15) is 11.7 Å². The van der Waals surface area contributed by atoms with Crippen LogP contribution >= 0.6 is 0 Å². The van der Waals surface area contributed by atoms with Crippen molar-refractivity contribution < 1.29 is 23.4 Å². The van der Waals surface area contributed by atoms with Crippen LogP contribution in [0.25, 0.3) is 0 Å². The minimum absolute atomic E-state index is 0.174. The smallest absolute Gasteiger partial charge is 0.321 e. The fraction of sp³-hybridized carbons (Fsp3) is 0.111. The fourth-order valence-electron chi connectivity index (χ4n) is 2.16. The largest absolute Gasteiger partial charge is 0.490 e. The van der Waals surface area contributed by atoms with E-state index >= 15 is 0 Å². The maximum atomic E-state index is 13.6. The van der Waals surface area contributed by atoms with Crippen LogP contribution in [0, 0.1) is 11.6 Å². The Morgan fingerprint density at radius 1 is 0.920 bits per heavy atom. The third kappa shape index (κ3) is 4.27. The monoisotopic (exact) mass is 344 g/mol. The number of benzene rings is 2. The van der Waals surface area contributed by atoms with E-state index in [0.29, 0.717) is 11.5 Å². The number of ether oxygens (including phenoxy) is 2. The second kappa shape index (κ2) is 7.67. The van der Waals surface area contributed by atoms with Gasteiger partial charge in [-0.15, -0.1) is 0 Å². The lowest BCUT2D eigenvalue weighted by atomic mass is 10.1.